The summed E-state index contributed by atoms with van der Waals surface area (Å²) in [6.07, 6.45) is 3.44. The third-order valence-corrected chi connectivity index (χ3v) is 11.4. The lowest BCUT2D eigenvalue weighted by molar-refractivity contribution is -0.207. The van der Waals surface area contributed by atoms with Gasteiger partial charge in [0.25, 0.3) is 0 Å². The van der Waals surface area contributed by atoms with Crippen LogP contribution in [0, 0.1) is 34.0 Å². The minimum Gasteiger partial charge on any atom is -0.482 e. The normalized spacial score (nSPS) is 39.8. The van der Waals surface area contributed by atoms with E-state index in [2.05, 4.69) is 27.4 Å². The summed E-state index contributed by atoms with van der Waals surface area (Å²) in [5.41, 5.74) is -0.415. The molecule has 0 amide bonds. The topological polar surface area (TPSA) is 119 Å². The van der Waals surface area contributed by atoms with Crippen molar-refractivity contribution in [2.75, 3.05) is 6.61 Å². The van der Waals surface area contributed by atoms with Gasteiger partial charge < -0.3 is 24.3 Å². The zero-order valence-electron chi connectivity index (χ0n) is 24.9. The van der Waals surface area contributed by atoms with Crippen LogP contribution in [-0.2, 0) is 23.8 Å². The molecule has 1 heterocycles. The molecule has 4 aliphatic rings. The molecular weight excluding hydrogens is 523 g/mol. The SMILES string of the molecule is C=C[C@]1(C)C[C@@H](OC(=O)COc2ccc3c(c2)B(O)OC3CC(C)=O)[C@]2(C)[C@H](C)CC[C@]3(CCC(=O)[C@H]32)[C@@H](C)[C@@H]1O. The highest BCUT2D eigenvalue weighted by Gasteiger charge is 2.68. The number of ether oxygens (including phenoxy) is 2. The molecule has 3 aliphatic carbocycles. The Morgan fingerprint density at radius 3 is 2.66 bits per heavy atom. The molecule has 222 valence electrons. The molecule has 3 saturated carbocycles. The quantitative estimate of drug-likeness (QED) is 0.291. The van der Waals surface area contributed by atoms with Crippen LogP contribution >= 0.6 is 0 Å². The maximum atomic E-state index is 13.5. The molecule has 2 bridgehead atoms. The van der Waals surface area contributed by atoms with Crippen molar-refractivity contribution in [2.24, 2.45) is 34.0 Å². The number of Topliss-reactive ketones (excluding diaryl/α,β-unsaturated/α-hetero) is 2. The van der Waals surface area contributed by atoms with Gasteiger partial charge in [-0.05, 0) is 73.0 Å². The average molecular weight is 567 g/mol. The number of hydrogen-bond acceptors (Lipinski definition) is 8. The molecule has 0 radical (unpaired) electrons. The van der Waals surface area contributed by atoms with Crippen LogP contribution in [0.25, 0.3) is 0 Å². The van der Waals surface area contributed by atoms with Crippen LogP contribution in [0.3, 0.4) is 0 Å². The second-order valence-corrected chi connectivity index (χ2v) is 13.5. The zero-order chi connectivity index (χ0) is 29.9. The van der Waals surface area contributed by atoms with Crippen LogP contribution in [0.4, 0.5) is 0 Å². The van der Waals surface area contributed by atoms with E-state index in [1.165, 1.54) is 6.92 Å². The highest BCUT2D eigenvalue weighted by Crippen LogP contribution is 2.68. The van der Waals surface area contributed by atoms with Crippen molar-refractivity contribution >= 4 is 30.1 Å². The maximum absolute atomic E-state index is 13.5. The number of benzene rings is 1. The summed E-state index contributed by atoms with van der Waals surface area (Å²) < 4.78 is 17.6. The summed E-state index contributed by atoms with van der Waals surface area (Å²) in [4.78, 5) is 38.5. The lowest BCUT2D eigenvalue weighted by Gasteiger charge is -2.61. The second-order valence-electron chi connectivity index (χ2n) is 13.5. The van der Waals surface area contributed by atoms with Crippen molar-refractivity contribution in [1.82, 2.24) is 0 Å². The molecule has 3 fully saturated rings. The van der Waals surface area contributed by atoms with Crippen LogP contribution in [0.15, 0.2) is 30.9 Å². The van der Waals surface area contributed by atoms with Gasteiger partial charge in [0.2, 0.25) is 0 Å². The lowest BCUT2D eigenvalue weighted by atomic mass is 9.44. The number of carbonyl (C=O) groups excluding carboxylic acids is 3. The van der Waals surface area contributed by atoms with Crippen molar-refractivity contribution in [1.29, 1.82) is 0 Å². The Morgan fingerprint density at radius 1 is 1.24 bits per heavy atom. The fourth-order valence-corrected chi connectivity index (χ4v) is 8.71. The van der Waals surface area contributed by atoms with Crippen molar-refractivity contribution in [2.45, 2.75) is 91.5 Å². The smallest absolute Gasteiger partial charge is 0.482 e. The largest absolute Gasteiger partial charge is 0.492 e. The lowest BCUT2D eigenvalue weighted by Crippen LogP contribution is -2.63. The molecule has 2 N–H and O–H groups in total. The first-order chi connectivity index (χ1) is 19.3. The molecule has 1 aromatic carbocycles. The summed E-state index contributed by atoms with van der Waals surface area (Å²) >= 11 is 0. The van der Waals surface area contributed by atoms with E-state index in [-0.39, 0.29) is 47.8 Å². The molecule has 1 aliphatic heterocycles. The molecule has 41 heavy (non-hydrogen) atoms. The van der Waals surface area contributed by atoms with E-state index in [1.54, 1.807) is 24.3 Å². The number of esters is 1. The van der Waals surface area contributed by atoms with E-state index in [0.717, 1.165) is 24.8 Å². The number of fused-ring (bicyclic) bond motifs is 1. The van der Waals surface area contributed by atoms with Gasteiger partial charge in [0.05, 0.1) is 12.2 Å². The van der Waals surface area contributed by atoms with Crippen LogP contribution in [-0.4, -0.2) is 53.6 Å². The van der Waals surface area contributed by atoms with Crippen LogP contribution in [0.5, 0.6) is 5.75 Å². The summed E-state index contributed by atoms with van der Waals surface area (Å²) in [5.74, 6) is -0.281. The van der Waals surface area contributed by atoms with Gasteiger partial charge in [-0.15, -0.1) is 6.58 Å². The monoisotopic (exact) mass is 566 g/mol. The van der Waals surface area contributed by atoms with Crippen molar-refractivity contribution in [3.63, 3.8) is 0 Å². The summed E-state index contributed by atoms with van der Waals surface area (Å²) in [6, 6.07) is 5.04. The standard InChI is InChI=1S/C32H43BO8/c1-7-30(5)16-26(31(6)18(2)10-12-32(20(4)29(30)37)13-11-24(35)28(31)32)40-27(36)17-39-21-8-9-22-23(15-21)33(38)41-25(22)14-19(3)34/h7-9,15,18,20,25-26,28-29,37-38H,1,10-14,16-17H2,2-6H3/t18-,20+,25?,26-,28+,29+,30-,31+,32+/m1/s1. The molecule has 9 atom stereocenters. The Labute approximate surface area is 243 Å². The van der Waals surface area contributed by atoms with Gasteiger partial charge in [0.1, 0.15) is 23.4 Å². The molecule has 5 rings (SSSR count). The molecular formula is C32H43BO8. The van der Waals surface area contributed by atoms with E-state index in [9.17, 15) is 24.5 Å². The predicted molar refractivity (Wildman–Crippen MR) is 153 cm³/mol. The first kappa shape index (κ1) is 30.0. The second kappa shape index (κ2) is 10.7. The average Bonchev–Trinajstić information content (AvgIpc) is 3.44. The Balaban J connectivity index is 1.38. The van der Waals surface area contributed by atoms with E-state index in [4.69, 9.17) is 14.1 Å². The number of carbonyl (C=O) groups is 3. The molecule has 0 spiro atoms. The van der Waals surface area contributed by atoms with Crippen LogP contribution in [0.2, 0.25) is 0 Å². The van der Waals surface area contributed by atoms with E-state index in [0.29, 0.717) is 24.1 Å². The van der Waals surface area contributed by atoms with Gasteiger partial charge in [0, 0.05) is 29.6 Å². The molecule has 1 unspecified atom stereocenters. The van der Waals surface area contributed by atoms with Crippen LogP contribution < -0.4 is 10.2 Å². The van der Waals surface area contributed by atoms with Crippen molar-refractivity contribution < 1.29 is 38.6 Å². The molecule has 0 aromatic heterocycles. The number of hydrogen-bond donors (Lipinski definition) is 2. The van der Waals surface area contributed by atoms with Crippen LogP contribution in [0.1, 0.15) is 84.8 Å². The number of aliphatic hydroxyl groups excluding tert-OH is 1. The van der Waals surface area contributed by atoms with E-state index < -0.39 is 42.2 Å². The predicted octanol–water partition coefficient (Wildman–Crippen LogP) is 3.71. The van der Waals surface area contributed by atoms with Gasteiger partial charge in [-0.3, -0.25) is 9.59 Å². The number of ketones is 2. The van der Waals surface area contributed by atoms with Gasteiger partial charge in [-0.2, -0.15) is 0 Å². The van der Waals surface area contributed by atoms with Gasteiger partial charge in [-0.1, -0.05) is 39.8 Å². The highest BCUT2D eigenvalue weighted by atomic mass is 16.6. The zero-order valence-corrected chi connectivity index (χ0v) is 24.9. The van der Waals surface area contributed by atoms with Gasteiger partial charge >= 0.3 is 13.1 Å². The molecule has 8 nitrogen and oxygen atoms in total. The molecule has 0 saturated heterocycles. The van der Waals surface area contributed by atoms with E-state index in [1.807, 2.05) is 6.92 Å². The molecule has 1 aromatic rings. The summed E-state index contributed by atoms with van der Waals surface area (Å²) in [5, 5.41) is 22.0. The Kier molecular flexibility index (Phi) is 7.79. The summed E-state index contributed by atoms with van der Waals surface area (Å²) in [6.45, 7) is 13.5. The minimum atomic E-state index is -1.18. The van der Waals surface area contributed by atoms with Gasteiger partial charge in [-0.25, -0.2) is 4.79 Å². The molecule has 9 heteroatoms. The fraction of sp³-hybridized carbons (Fsp3) is 0.656. The first-order valence-electron chi connectivity index (χ1n) is 14.9. The third-order valence-electron chi connectivity index (χ3n) is 11.4. The number of aliphatic hydroxyl groups is 1. The Hall–Kier alpha value is -2.49. The van der Waals surface area contributed by atoms with Gasteiger partial charge in [0.15, 0.2) is 6.61 Å². The fourth-order valence-electron chi connectivity index (χ4n) is 8.71. The third kappa shape index (κ3) is 4.78. The Morgan fingerprint density at radius 2 is 1.98 bits per heavy atom. The minimum absolute atomic E-state index is 0.0422. The number of rotatable bonds is 7. The van der Waals surface area contributed by atoms with E-state index >= 15 is 0 Å². The van der Waals surface area contributed by atoms with Crippen molar-refractivity contribution in [3.8, 4) is 5.75 Å². The van der Waals surface area contributed by atoms with Crippen molar-refractivity contribution in [3.05, 3.63) is 36.4 Å². The highest BCUT2D eigenvalue weighted by molar-refractivity contribution is 6.61. The maximum Gasteiger partial charge on any atom is 0.492 e. The summed E-state index contributed by atoms with van der Waals surface area (Å²) in [7, 11) is -1.18. The Bertz CT molecular complexity index is 1250. The first-order valence-corrected chi connectivity index (χ1v) is 14.9.